The van der Waals surface area contributed by atoms with Gasteiger partial charge in [0.05, 0.1) is 0 Å². The first-order valence-corrected chi connectivity index (χ1v) is 6.18. The van der Waals surface area contributed by atoms with Crippen LogP contribution in [0.25, 0.3) is 0 Å². The van der Waals surface area contributed by atoms with Crippen LogP contribution < -0.4 is 0 Å². The SMILES string of the molecule is CC(C)CCN(C(=O)CCS)C1CC1. The lowest BCUT2D eigenvalue weighted by atomic mass is 10.1. The molecule has 82 valence electrons. The molecule has 0 atom stereocenters. The van der Waals surface area contributed by atoms with Crippen molar-refractivity contribution in [2.45, 2.75) is 45.6 Å². The smallest absolute Gasteiger partial charge is 0.223 e. The van der Waals surface area contributed by atoms with E-state index in [0.29, 0.717) is 30.0 Å². The molecular weight excluding hydrogens is 194 g/mol. The van der Waals surface area contributed by atoms with Gasteiger partial charge < -0.3 is 4.90 Å². The number of carbonyl (C=O) groups is 1. The first-order chi connectivity index (χ1) is 6.65. The molecule has 0 saturated heterocycles. The summed E-state index contributed by atoms with van der Waals surface area (Å²) >= 11 is 4.10. The van der Waals surface area contributed by atoms with Crippen LogP contribution in [0.4, 0.5) is 0 Å². The van der Waals surface area contributed by atoms with Crippen molar-refractivity contribution in [3.8, 4) is 0 Å². The van der Waals surface area contributed by atoms with E-state index in [1.807, 2.05) is 0 Å². The molecule has 1 saturated carbocycles. The lowest BCUT2D eigenvalue weighted by Crippen LogP contribution is -2.34. The molecule has 0 N–H and O–H groups in total. The highest BCUT2D eigenvalue weighted by atomic mass is 32.1. The zero-order valence-electron chi connectivity index (χ0n) is 9.20. The Labute approximate surface area is 92.5 Å². The predicted octanol–water partition coefficient (Wildman–Crippen LogP) is 2.34. The van der Waals surface area contributed by atoms with Crippen molar-refractivity contribution in [2.75, 3.05) is 12.3 Å². The molecule has 14 heavy (non-hydrogen) atoms. The van der Waals surface area contributed by atoms with Gasteiger partial charge in [-0.3, -0.25) is 4.79 Å². The summed E-state index contributed by atoms with van der Waals surface area (Å²) in [4.78, 5) is 13.8. The molecule has 0 unspecified atom stereocenters. The van der Waals surface area contributed by atoms with Gasteiger partial charge in [0.2, 0.25) is 5.91 Å². The van der Waals surface area contributed by atoms with E-state index in [4.69, 9.17) is 0 Å². The van der Waals surface area contributed by atoms with E-state index < -0.39 is 0 Å². The molecule has 0 bridgehead atoms. The van der Waals surface area contributed by atoms with Crippen LogP contribution in [0.15, 0.2) is 0 Å². The third-order valence-electron chi connectivity index (χ3n) is 2.58. The van der Waals surface area contributed by atoms with Crippen LogP contribution in [0.2, 0.25) is 0 Å². The lowest BCUT2D eigenvalue weighted by Gasteiger charge is -2.23. The van der Waals surface area contributed by atoms with Gasteiger partial charge in [-0.2, -0.15) is 12.6 Å². The van der Waals surface area contributed by atoms with Crippen LogP contribution in [0, 0.1) is 5.92 Å². The Morgan fingerprint density at radius 1 is 1.50 bits per heavy atom. The fraction of sp³-hybridized carbons (Fsp3) is 0.909. The summed E-state index contributed by atoms with van der Waals surface area (Å²) in [6.07, 6.45) is 4.12. The summed E-state index contributed by atoms with van der Waals surface area (Å²) in [6.45, 7) is 5.34. The van der Waals surface area contributed by atoms with Gasteiger partial charge in [-0.1, -0.05) is 13.8 Å². The van der Waals surface area contributed by atoms with E-state index in [1.54, 1.807) is 0 Å². The van der Waals surface area contributed by atoms with Crippen molar-refractivity contribution < 1.29 is 4.79 Å². The van der Waals surface area contributed by atoms with Gasteiger partial charge in [0.15, 0.2) is 0 Å². The van der Waals surface area contributed by atoms with Crippen molar-refractivity contribution in [1.29, 1.82) is 0 Å². The number of hydrogen-bond acceptors (Lipinski definition) is 2. The Hall–Kier alpha value is -0.180. The van der Waals surface area contributed by atoms with Crippen LogP contribution in [-0.2, 0) is 4.79 Å². The highest BCUT2D eigenvalue weighted by Crippen LogP contribution is 2.28. The Balaban J connectivity index is 2.34. The third kappa shape index (κ3) is 3.91. The zero-order valence-corrected chi connectivity index (χ0v) is 10.1. The molecule has 0 aromatic heterocycles. The molecule has 0 aromatic carbocycles. The number of rotatable bonds is 6. The fourth-order valence-electron chi connectivity index (χ4n) is 1.53. The average molecular weight is 215 g/mol. The van der Waals surface area contributed by atoms with Gasteiger partial charge >= 0.3 is 0 Å². The highest BCUT2D eigenvalue weighted by Gasteiger charge is 2.31. The second kappa shape index (κ2) is 5.64. The van der Waals surface area contributed by atoms with E-state index >= 15 is 0 Å². The Kier molecular flexibility index (Phi) is 4.79. The number of hydrogen-bond donors (Lipinski definition) is 1. The Bertz CT molecular complexity index is 190. The first-order valence-electron chi connectivity index (χ1n) is 5.55. The molecule has 3 heteroatoms. The van der Waals surface area contributed by atoms with E-state index in [0.717, 1.165) is 13.0 Å². The first kappa shape index (κ1) is 11.9. The van der Waals surface area contributed by atoms with Crippen molar-refractivity contribution in [2.24, 2.45) is 5.92 Å². The summed E-state index contributed by atoms with van der Waals surface area (Å²) in [6, 6.07) is 0.557. The van der Waals surface area contributed by atoms with Gasteiger partial charge in [-0.05, 0) is 30.9 Å². The molecule has 2 nitrogen and oxygen atoms in total. The molecule has 0 aliphatic heterocycles. The fourth-order valence-corrected chi connectivity index (χ4v) is 1.72. The number of carbonyl (C=O) groups excluding carboxylic acids is 1. The predicted molar refractivity (Wildman–Crippen MR) is 62.7 cm³/mol. The van der Waals surface area contributed by atoms with Crippen LogP contribution >= 0.6 is 12.6 Å². The summed E-state index contributed by atoms with van der Waals surface area (Å²) in [7, 11) is 0. The maximum absolute atomic E-state index is 11.7. The topological polar surface area (TPSA) is 20.3 Å². The second-order valence-corrected chi connectivity index (χ2v) is 4.92. The molecule has 1 amide bonds. The summed E-state index contributed by atoms with van der Waals surface area (Å²) in [5.41, 5.74) is 0. The molecule has 1 aliphatic carbocycles. The van der Waals surface area contributed by atoms with E-state index in [1.165, 1.54) is 12.8 Å². The van der Waals surface area contributed by atoms with Crippen LogP contribution in [0.5, 0.6) is 0 Å². The largest absolute Gasteiger partial charge is 0.340 e. The van der Waals surface area contributed by atoms with Crippen molar-refractivity contribution in [1.82, 2.24) is 4.90 Å². The van der Waals surface area contributed by atoms with E-state index in [2.05, 4.69) is 31.4 Å². The standard InChI is InChI=1S/C11H21NOS/c1-9(2)5-7-12(10-3-4-10)11(13)6-8-14/h9-10,14H,3-8H2,1-2H3. The van der Waals surface area contributed by atoms with Gasteiger partial charge in [0, 0.05) is 19.0 Å². The summed E-state index contributed by atoms with van der Waals surface area (Å²) in [5.74, 6) is 1.65. The molecule has 1 aliphatic rings. The molecule has 0 aromatic rings. The van der Waals surface area contributed by atoms with Gasteiger partial charge in [0.25, 0.3) is 0 Å². The van der Waals surface area contributed by atoms with Gasteiger partial charge in [-0.15, -0.1) is 0 Å². The van der Waals surface area contributed by atoms with E-state index in [9.17, 15) is 4.79 Å². The Morgan fingerprint density at radius 2 is 2.14 bits per heavy atom. The second-order valence-electron chi connectivity index (χ2n) is 4.47. The lowest BCUT2D eigenvalue weighted by molar-refractivity contribution is -0.131. The molecule has 0 radical (unpaired) electrons. The quantitative estimate of drug-likeness (QED) is 0.674. The Morgan fingerprint density at radius 3 is 2.57 bits per heavy atom. The molecule has 1 rings (SSSR count). The molecule has 0 heterocycles. The molecule has 0 spiro atoms. The van der Waals surface area contributed by atoms with Gasteiger partial charge in [0.1, 0.15) is 0 Å². The van der Waals surface area contributed by atoms with Gasteiger partial charge in [-0.25, -0.2) is 0 Å². The third-order valence-corrected chi connectivity index (χ3v) is 2.80. The number of nitrogens with zero attached hydrogens (tertiary/aromatic N) is 1. The monoisotopic (exact) mass is 215 g/mol. The minimum Gasteiger partial charge on any atom is -0.340 e. The van der Waals surface area contributed by atoms with Crippen molar-refractivity contribution in [3.05, 3.63) is 0 Å². The number of amides is 1. The number of thiol groups is 1. The summed E-state index contributed by atoms with van der Waals surface area (Å²) < 4.78 is 0. The molecule has 1 fully saturated rings. The van der Waals surface area contributed by atoms with E-state index in [-0.39, 0.29) is 0 Å². The average Bonchev–Trinajstić information content (AvgIpc) is 2.88. The molecular formula is C11H21NOS. The minimum atomic E-state index is 0.295. The zero-order chi connectivity index (χ0) is 10.6. The van der Waals surface area contributed by atoms with Crippen LogP contribution in [-0.4, -0.2) is 29.1 Å². The normalized spacial score (nSPS) is 16.0. The summed E-state index contributed by atoms with van der Waals surface area (Å²) in [5, 5.41) is 0. The minimum absolute atomic E-state index is 0.295. The van der Waals surface area contributed by atoms with Crippen LogP contribution in [0.3, 0.4) is 0 Å². The highest BCUT2D eigenvalue weighted by molar-refractivity contribution is 7.80. The van der Waals surface area contributed by atoms with Crippen molar-refractivity contribution in [3.63, 3.8) is 0 Å². The maximum Gasteiger partial charge on any atom is 0.223 e. The maximum atomic E-state index is 11.7. The van der Waals surface area contributed by atoms with Crippen LogP contribution in [0.1, 0.15) is 39.5 Å². The van der Waals surface area contributed by atoms with Crippen molar-refractivity contribution >= 4 is 18.5 Å².